The van der Waals surface area contributed by atoms with Gasteiger partial charge >= 0.3 is 5.97 Å². The second kappa shape index (κ2) is 5.99. The number of carboxylic acid groups (broad SMARTS) is 1. The molecule has 2 aromatic heterocycles. The van der Waals surface area contributed by atoms with Gasteiger partial charge in [-0.1, -0.05) is 0 Å². The highest BCUT2D eigenvalue weighted by atomic mass is 32.2. The predicted molar refractivity (Wildman–Crippen MR) is 73.6 cm³/mol. The lowest BCUT2D eigenvalue weighted by Crippen LogP contribution is -2.23. The fourth-order valence-corrected chi connectivity index (χ4v) is 3.17. The molecule has 7 nitrogen and oxygen atoms in total. The Morgan fingerprint density at radius 2 is 2.35 bits per heavy atom. The molecular formula is C11H11N3O4S2. The maximum atomic E-state index is 11.8. The summed E-state index contributed by atoms with van der Waals surface area (Å²) in [4.78, 5) is 17.3. The Balaban J connectivity index is 2.00. The van der Waals surface area contributed by atoms with E-state index in [1.165, 1.54) is 29.9 Å². The van der Waals surface area contributed by atoms with Gasteiger partial charge in [-0.25, -0.2) is 22.9 Å². The molecule has 9 heteroatoms. The average Bonchev–Trinajstić information content (AvgIpc) is 3.06. The first-order valence-electron chi connectivity index (χ1n) is 5.44. The lowest BCUT2D eigenvalue weighted by molar-refractivity contribution is -0.131. The largest absolute Gasteiger partial charge is 0.478 e. The fourth-order valence-electron chi connectivity index (χ4n) is 1.38. The first-order chi connectivity index (χ1) is 9.47. The fraction of sp³-hybridized carbons (Fsp3) is 0.0909. The highest BCUT2D eigenvalue weighted by Crippen LogP contribution is 2.16. The van der Waals surface area contributed by atoms with Crippen LogP contribution in [0.4, 0.5) is 0 Å². The summed E-state index contributed by atoms with van der Waals surface area (Å²) in [5.41, 5.74) is 0.716. The molecule has 0 bridgehead atoms. The van der Waals surface area contributed by atoms with E-state index in [4.69, 9.17) is 5.11 Å². The van der Waals surface area contributed by atoms with Crippen molar-refractivity contribution >= 4 is 33.4 Å². The molecule has 0 atom stereocenters. The summed E-state index contributed by atoms with van der Waals surface area (Å²) in [7, 11) is -3.61. The zero-order valence-corrected chi connectivity index (χ0v) is 11.7. The van der Waals surface area contributed by atoms with Crippen LogP contribution in [0.3, 0.4) is 0 Å². The van der Waals surface area contributed by atoms with Crippen molar-refractivity contribution in [3.8, 4) is 0 Å². The molecule has 0 unspecified atom stereocenters. The van der Waals surface area contributed by atoms with E-state index in [1.54, 1.807) is 11.4 Å². The van der Waals surface area contributed by atoms with Crippen LogP contribution in [0.5, 0.6) is 0 Å². The molecule has 20 heavy (non-hydrogen) atoms. The minimum atomic E-state index is -3.61. The topological polar surface area (TPSA) is 112 Å². The van der Waals surface area contributed by atoms with E-state index in [-0.39, 0.29) is 11.6 Å². The Hall–Kier alpha value is -1.97. The molecular weight excluding hydrogens is 302 g/mol. The van der Waals surface area contributed by atoms with Crippen LogP contribution in [0, 0.1) is 0 Å². The van der Waals surface area contributed by atoms with E-state index in [2.05, 4.69) is 14.7 Å². The Bertz CT molecular complexity index is 717. The molecule has 0 aliphatic carbocycles. The normalized spacial score (nSPS) is 12.0. The molecule has 0 aliphatic rings. The summed E-state index contributed by atoms with van der Waals surface area (Å²) >= 11 is 1.34. The number of nitrogens with zero attached hydrogens (tertiary/aromatic N) is 1. The molecule has 0 radical (unpaired) electrons. The maximum Gasteiger partial charge on any atom is 0.328 e. The van der Waals surface area contributed by atoms with E-state index in [0.29, 0.717) is 5.56 Å². The standard InChI is InChI=1S/C11H11N3O4S2/c15-11(16)2-1-8-3-9(19-6-8)4-14-20(17,18)10-5-12-7-13-10/h1-3,5-7,14H,4H2,(H,12,13)(H,15,16). The molecule has 0 fully saturated rings. The number of nitrogens with one attached hydrogen (secondary N) is 2. The van der Waals surface area contributed by atoms with E-state index >= 15 is 0 Å². The van der Waals surface area contributed by atoms with E-state index in [1.807, 2.05) is 0 Å². The summed E-state index contributed by atoms with van der Waals surface area (Å²) in [6, 6.07) is 1.72. The third-order valence-electron chi connectivity index (χ3n) is 2.29. The van der Waals surface area contributed by atoms with Crippen molar-refractivity contribution in [2.24, 2.45) is 0 Å². The number of thiophene rings is 1. The second-order valence-electron chi connectivity index (χ2n) is 3.76. The summed E-state index contributed by atoms with van der Waals surface area (Å²) in [5.74, 6) is -1.03. The van der Waals surface area contributed by atoms with Gasteiger partial charge in [0.15, 0.2) is 5.03 Å². The summed E-state index contributed by atoms with van der Waals surface area (Å²) < 4.78 is 26.1. The third kappa shape index (κ3) is 3.76. The number of hydrogen-bond donors (Lipinski definition) is 3. The van der Waals surface area contributed by atoms with Crippen LogP contribution in [0.1, 0.15) is 10.4 Å². The molecule has 0 saturated carbocycles. The van der Waals surface area contributed by atoms with Crippen LogP contribution in [0.15, 0.2) is 35.1 Å². The predicted octanol–water partition coefficient (Wildman–Crippen LogP) is 1.05. The number of sulfonamides is 1. The van der Waals surface area contributed by atoms with Crippen molar-refractivity contribution in [1.29, 1.82) is 0 Å². The van der Waals surface area contributed by atoms with Gasteiger partial charge < -0.3 is 10.1 Å². The van der Waals surface area contributed by atoms with Crippen molar-refractivity contribution in [1.82, 2.24) is 14.7 Å². The van der Waals surface area contributed by atoms with Crippen molar-refractivity contribution < 1.29 is 18.3 Å². The van der Waals surface area contributed by atoms with Gasteiger partial charge in [0, 0.05) is 17.5 Å². The van der Waals surface area contributed by atoms with Crippen LogP contribution in [0.25, 0.3) is 6.08 Å². The monoisotopic (exact) mass is 313 g/mol. The number of hydrogen-bond acceptors (Lipinski definition) is 5. The van der Waals surface area contributed by atoms with Gasteiger partial charge in [0.25, 0.3) is 10.0 Å². The molecule has 0 spiro atoms. The number of aromatic nitrogens is 2. The van der Waals surface area contributed by atoms with Gasteiger partial charge in [-0.15, -0.1) is 11.3 Å². The number of carbonyl (C=O) groups is 1. The number of rotatable bonds is 6. The first-order valence-corrected chi connectivity index (χ1v) is 7.80. The van der Waals surface area contributed by atoms with Gasteiger partial charge in [0.05, 0.1) is 12.5 Å². The number of carboxylic acids is 1. The summed E-state index contributed by atoms with van der Waals surface area (Å²) in [5, 5.41) is 10.3. The molecule has 2 rings (SSSR count). The Labute approximate surface area is 119 Å². The number of H-pyrrole nitrogens is 1. The number of imidazole rings is 1. The molecule has 2 aromatic rings. The van der Waals surface area contributed by atoms with Crippen molar-refractivity contribution in [3.63, 3.8) is 0 Å². The summed E-state index contributed by atoms with van der Waals surface area (Å²) in [6.45, 7) is 0.132. The van der Waals surface area contributed by atoms with Crippen LogP contribution in [-0.4, -0.2) is 29.5 Å². The average molecular weight is 313 g/mol. The molecule has 2 heterocycles. The third-order valence-corrected chi connectivity index (χ3v) is 4.57. The number of aromatic amines is 1. The van der Waals surface area contributed by atoms with Crippen molar-refractivity contribution in [2.75, 3.05) is 0 Å². The van der Waals surface area contributed by atoms with Crippen molar-refractivity contribution in [3.05, 3.63) is 40.5 Å². The van der Waals surface area contributed by atoms with Gasteiger partial charge in [-0.05, 0) is 23.1 Å². The zero-order valence-electron chi connectivity index (χ0n) is 10.1. The van der Waals surface area contributed by atoms with Crippen LogP contribution < -0.4 is 4.72 Å². The quantitative estimate of drug-likeness (QED) is 0.690. The molecule has 0 aliphatic heterocycles. The molecule has 0 aromatic carbocycles. The number of aliphatic carboxylic acids is 1. The first kappa shape index (κ1) is 14.4. The van der Waals surface area contributed by atoms with Crippen LogP contribution >= 0.6 is 11.3 Å². The van der Waals surface area contributed by atoms with Crippen LogP contribution in [0.2, 0.25) is 0 Å². The summed E-state index contributed by atoms with van der Waals surface area (Å²) in [6.07, 6.45) is 4.98. The van der Waals surface area contributed by atoms with E-state index < -0.39 is 16.0 Å². The molecule has 106 valence electrons. The maximum absolute atomic E-state index is 11.8. The lowest BCUT2D eigenvalue weighted by Gasteiger charge is -2.02. The highest BCUT2D eigenvalue weighted by Gasteiger charge is 2.15. The molecule has 0 amide bonds. The van der Waals surface area contributed by atoms with Gasteiger partial charge in [0.2, 0.25) is 0 Å². The smallest absolute Gasteiger partial charge is 0.328 e. The van der Waals surface area contributed by atoms with E-state index in [0.717, 1.165) is 11.0 Å². The molecule has 3 N–H and O–H groups in total. The SMILES string of the molecule is O=C(O)C=Cc1csc(CNS(=O)(=O)c2cnc[nH]2)c1. The Kier molecular flexibility index (Phi) is 4.32. The van der Waals surface area contributed by atoms with Gasteiger partial charge in [-0.3, -0.25) is 0 Å². The lowest BCUT2D eigenvalue weighted by atomic mass is 10.3. The molecule has 0 saturated heterocycles. The van der Waals surface area contributed by atoms with Gasteiger partial charge in [-0.2, -0.15) is 0 Å². The highest BCUT2D eigenvalue weighted by molar-refractivity contribution is 7.89. The van der Waals surface area contributed by atoms with E-state index in [9.17, 15) is 13.2 Å². The second-order valence-corrected chi connectivity index (χ2v) is 6.49. The minimum Gasteiger partial charge on any atom is -0.478 e. The Morgan fingerprint density at radius 3 is 3.00 bits per heavy atom. The Morgan fingerprint density at radius 1 is 1.55 bits per heavy atom. The minimum absolute atomic E-state index is 0.0000487. The van der Waals surface area contributed by atoms with Gasteiger partial charge in [0.1, 0.15) is 0 Å². The van der Waals surface area contributed by atoms with Crippen LogP contribution in [-0.2, 0) is 21.4 Å². The van der Waals surface area contributed by atoms with Crippen molar-refractivity contribution in [2.45, 2.75) is 11.6 Å². The zero-order chi connectivity index (χ0) is 14.6.